The fourth-order valence-electron chi connectivity index (χ4n) is 0.289. The molecule has 0 aromatic rings. The molecule has 38 valence electrons. The Morgan fingerprint density at radius 2 is 1.50 bits per heavy atom. The fourth-order valence-corrected chi connectivity index (χ4v) is 7.79. The summed E-state index contributed by atoms with van der Waals surface area (Å²) in [5.41, 5.74) is 0. The van der Waals surface area contributed by atoms with Crippen molar-refractivity contribution in [3.8, 4) is 0 Å². The molecule has 0 rings (SSSR count). The van der Waals surface area contributed by atoms with Crippen LogP contribution >= 0.6 is 0 Å². The van der Waals surface area contributed by atoms with Gasteiger partial charge in [-0.1, -0.05) is 19.6 Å². The molecule has 0 fully saturated rings. The monoisotopic (exact) mass is 134 g/mol. The molecule has 0 aromatic heterocycles. The highest BCUT2D eigenvalue weighted by molar-refractivity contribution is 7.38. The molecule has 0 N–H and O–H groups in total. The second-order valence-electron chi connectivity index (χ2n) is 1.92. The van der Waals surface area contributed by atoms with Crippen LogP contribution in [0.3, 0.4) is 0 Å². The summed E-state index contributed by atoms with van der Waals surface area (Å²) in [6.07, 6.45) is 0. The van der Waals surface area contributed by atoms with Gasteiger partial charge in [0.25, 0.3) is 0 Å². The maximum atomic E-state index is 2.54. The van der Waals surface area contributed by atoms with E-state index >= 15 is 0 Å². The second kappa shape index (κ2) is 3.83. The van der Waals surface area contributed by atoms with E-state index in [0.29, 0.717) is 18.1 Å². The standard InChI is InChI=1S/C3H14Si3/c1-4-6(3)5-2/h6H,4-5H2,1-3H3. The van der Waals surface area contributed by atoms with E-state index in [1.807, 2.05) is 0 Å². The van der Waals surface area contributed by atoms with Crippen molar-refractivity contribution in [3.05, 3.63) is 0 Å². The Hall–Kier alpha value is 0.651. The van der Waals surface area contributed by atoms with Crippen LogP contribution in [0, 0.1) is 0 Å². The van der Waals surface area contributed by atoms with Crippen molar-refractivity contribution in [2.75, 3.05) is 0 Å². The van der Waals surface area contributed by atoms with Gasteiger partial charge in [0.15, 0.2) is 0 Å². The van der Waals surface area contributed by atoms with Crippen molar-refractivity contribution in [2.24, 2.45) is 0 Å². The molecule has 0 bridgehead atoms. The third-order valence-electron chi connectivity index (χ3n) is 1.39. The average Bonchev–Trinajstić information content (AvgIpc) is 1.65. The zero-order valence-corrected chi connectivity index (χ0v) is 8.97. The third kappa shape index (κ3) is 2.87. The van der Waals surface area contributed by atoms with E-state index in [1.54, 1.807) is 0 Å². The minimum atomic E-state index is 0.117. The first-order valence-electron chi connectivity index (χ1n) is 2.81. The van der Waals surface area contributed by atoms with Crippen LogP contribution in [0.1, 0.15) is 0 Å². The lowest BCUT2D eigenvalue weighted by atomic mass is 11.9. The Bertz CT molecular complexity index is 25.2. The summed E-state index contributed by atoms with van der Waals surface area (Å²) in [4.78, 5) is 0. The van der Waals surface area contributed by atoms with Crippen LogP contribution < -0.4 is 0 Å². The van der Waals surface area contributed by atoms with Crippen LogP contribution in [-0.4, -0.2) is 25.9 Å². The van der Waals surface area contributed by atoms with Gasteiger partial charge in [-0.15, -0.1) is 0 Å². The number of hydrogen-bond donors (Lipinski definition) is 0. The van der Waals surface area contributed by atoms with Crippen molar-refractivity contribution in [1.82, 2.24) is 0 Å². The Morgan fingerprint density at radius 3 is 1.50 bits per heavy atom. The zero-order valence-electron chi connectivity index (χ0n) is 4.99. The Morgan fingerprint density at radius 1 is 1.17 bits per heavy atom. The molecule has 0 nitrogen and oxygen atoms in total. The second-order valence-corrected chi connectivity index (χ2v) is 22.5. The molecule has 0 amide bonds. The summed E-state index contributed by atoms with van der Waals surface area (Å²) in [6.45, 7) is 7.47. The quantitative estimate of drug-likeness (QED) is 0.437. The minimum absolute atomic E-state index is 0.117. The molecular formula is C3H14Si3. The van der Waals surface area contributed by atoms with Crippen LogP contribution in [0.5, 0.6) is 0 Å². The lowest BCUT2D eigenvalue weighted by Crippen LogP contribution is -2.21. The highest BCUT2D eigenvalue weighted by Crippen LogP contribution is 1.71. The Kier molecular flexibility index (Phi) is 4.24. The van der Waals surface area contributed by atoms with Crippen molar-refractivity contribution in [3.63, 3.8) is 0 Å². The van der Waals surface area contributed by atoms with E-state index in [1.165, 1.54) is 0 Å². The van der Waals surface area contributed by atoms with Gasteiger partial charge in [0.2, 0.25) is 0 Å². The largest absolute Gasteiger partial charge is 0.0771 e. The molecule has 3 heteroatoms. The minimum Gasteiger partial charge on any atom is -0.0771 e. The number of hydrogen-bond acceptors (Lipinski definition) is 0. The molecule has 0 saturated heterocycles. The first-order chi connectivity index (χ1) is 2.81. The molecule has 0 unspecified atom stereocenters. The van der Waals surface area contributed by atoms with Crippen molar-refractivity contribution >= 4 is 25.9 Å². The van der Waals surface area contributed by atoms with Crippen molar-refractivity contribution < 1.29 is 0 Å². The summed E-state index contributed by atoms with van der Waals surface area (Å²) in [6, 6.07) is 0. The van der Waals surface area contributed by atoms with E-state index in [9.17, 15) is 0 Å². The summed E-state index contributed by atoms with van der Waals surface area (Å²) >= 11 is 0. The summed E-state index contributed by atoms with van der Waals surface area (Å²) < 4.78 is 0. The summed E-state index contributed by atoms with van der Waals surface area (Å²) in [5.74, 6) is 0. The molecule has 6 heavy (non-hydrogen) atoms. The molecule has 0 aliphatic carbocycles. The third-order valence-corrected chi connectivity index (χ3v) is 22.9. The topological polar surface area (TPSA) is 0 Å². The predicted molar refractivity (Wildman–Crippen MR) is 41.8 cm³/mol. The van der Waals surface area contributed by atoms with E-state index < -0.39 is 0 Å². The smallest absolute Gasteiger partial charge is 0.00926 e. The van der Waals surface area contributed by atoms with Gasteiger partial charge in [0.1, 0.15) is 0 Å². The summed E-state index contributed by atoms with van der Waals surface area (Å²) in [7, 11) is 1.20. The first-order valence-corrected chi connectivity index (χ1v) is 13.3. The Labute approximate surface area is 46.2 Å². The molecule has 0 spiro atoms. The first kappa shape index (κ1) is 6.65. The van der Waals surface area contributed by atoms with Gasteiger partial charge in [0.05, 0.1) is 0 Å². The van der Waals surface area contributed by atoms with Gasteiger partial charge >= 0.3 is 0 Å². The van der Waals surface area contributed by atoms with Crippen LogP contribution in [0.25, 0.3) is 0 Å². The lowest BCUT2D eigenvalue weighted by molar-refractivity contribution is 2.22. The SMILES string of the molecule is C[SiH2][SiH](C)[SiH2]C. The molecule has 0 aliphatic heterocycles. The molecule has 0 atom stereocenters. The fraction of sp³-hybridized carbons (Fsp3) is 1.00. The molecule has 0 saturated carbocycles. The molecule has 0 aliphatic rings. The predicted octanol–water partition coefficient (Wildman–Crippen LogP) is -0.730. The van der Waals surface area contributed by atoms with Crippen LogP contribution in [0.2, 0.25) is 19.6 Å². The van der Waals surface area contributed by atoms with Gasteiger partial charge in [0, 0.05) is 25.9 Å². The Balaban J connectivity index is 2.75. The van der Waals surface area contributed by atoms with Gasteiger partial charge in [-0.2, -0.15) is 0 Å². The van der Waals surface area contributed by atoms with Gasteiger partial charge in [-0.3, -0.25) is 0 Å². The van der Waals surface area contributed by atoms with E-state index in [2.05, 4.69) is 19.6 Å². The molecule has 0 radical (unpaired) electrons. The van der Waals surface area contributed by atoms with E-state index in [0.717, 1.165) is 0 Å². The molecule has 0 heterocycles. The van der Waals surface area contributed by atoms with Gasteiger partial charge < -0.3 is 0 Å². The van der Waals surface area contributed by atoms with Crippen molar-refractivity contribution in [2.45, 2.75) is 19.6 Å². The van der Waals surface area contributed by atoms with Gasteiger partial charge in [-0.25, -0.2) is 0 Å². The highest BCUT2D eigenvalue weighted by Gasteiger charge is 1.92. The molecular weight excluding hydrogens is 120 g/mol. The van der Waals surface area contributed by atoms with Crippen LogP contribution in [0.15, 0.2) is 0 Å². The van der Waals surface area contributed by atoms with Gasteiger partial charge in [-0.05, 0) is 0 Å². The molecule has 0 aromatic carbocycles. The summed E-state index contributed by atoms with van der Waals surface area (Å²) in [5, 5.41) is 0. The number of rotatable bonds is 2. The maximum Gasteiger partial charge on any atom is 0.00926 e. The van der Waals surface area contributed by atoms with E-state index in [-0.39, 0.29) is 7.83 Å². The average molecular weight is 134 g/mol. The van der Waals surface area contributed by atoms with Crippen LogP contribution in [0.4, 0.5) is 0 Å². The normalized spacial score (nSPS) is 18.5. The highest BCUT2D eigenvalue weighted by atomic mass is 29.6. The van der Waals surface area contributed by atoms with Crippen LogP contribution in [-0.2, 0) is 0 Å². The lowest BCUT2D eigenvalue weighted by Gasteiger charge is -1.94. The van der Waals surface area contributed by atoms with E-state index in [4.69, 9.17) is 0 Å². The maximum absolute atomic E-state index is 2.54. The van der Waals surface area contributed by atoms with Crippen molar-refractivity contribution in [1.29, 1.82) is 0 Å². The zero-order chi connectivity index (χ0) is 4.99.